The Labute approximate surface area is 176 Å². The van der Waals surface area contributed by atoms with Crippen molar-refractivity contribution in [2.24, 2.45) is 0 Å². The number of rotatable bonds is 6. The highest BCUT2D eigenvalue weighted by molar-refractivity contribution is 5.94. The molecule has 4 rings (SSSR count). The van der Waals surface area contributed by atoms with Crippen LogP contribution in [0.1, 0.15) is 40.3 Å². The first-order valence-electron chi connectivity index (χ1n) is 9.98. The molecule has 0 bridgehead atoms. The third kappa shape index (κ3) is 4.46. The Kier molecular flexibility index (Phi) is 5.70. The first kappa shape index (κ1) is 19.6. The molecular weight excluding hydrogens is 372 g/mol. The van der Waals surface area contributed by atoms with Gasteiger partial charge in [-0.15, -0.1) is 0 Å². The summed E-state index contributed by atoms with van der Waals surface area (Å²) in [5, 5.41) is 3.08. The number of benzene rings is 1. The van der Waals surface area contributed by atoms with Crippen LogP contribution in [0, 0.1) is 6.92 Å². The molecule has 0 aliphatic carbocycles. The van der Waals surface area contributed by atoms with Gasteiger partial charge < -0.3 is 9.88 Å². The molecular formula is C25H24N4O. The molecule has 1 unspecified atom stereocenters. The van der Waals surface area contributed by atoms with Crippen molar-refractivity contribution in [3.63, 3.8) is 0 Å². The highest BCUT2D eigenvalue weighted by atomic mass is 16.2. The maximum Gasteiger partial charge on any atom is 0.268 e. The zero-order valence-corrected chi connectivity index (χ0v) is 17.1. The minimum absolute atomic E-state index is 0.124. The molecule has 0 radical (unpaired) electrons. The second-order valence-corrected chi connectivity index (χ2v) is 7.41. The molecule has 0 saturated heterocycles. The van der Waals surface area contributed by atoms with E-state index >= 15 is 0 Å². The van der Waals surface area contributed by atoms with Crippen LogP contribution in [0.4, 0.5) is 0 Å². The Morgan fingerprint density at radius 3 is 2.47 bits per heavy atom. The summed E-state index contributed by atoms with van der Waals surface area (Å²) >= 11 is 0. The molecule has 1 N–H and O–H groups in total. The van der Waals surface area contributed by atoms with Crippen molar-refractivity contribution in [1.29, 1.82) is 0 Å². The smallest absolute Gasteiger partial charge is 0.268 e. The summed E-state index contributed by atoms with van der Waals surface area (Å²) in [7, 11) is 0. The standard InChI is InChI=1S/C25H24N4O/c1-18-6-8-20(9-7-18)16-29-17-22(21-10-13-26-14-11-21)15-24(29)25(30)28-19(2)23-5-3-4-12-27-23/h3-15,17,19H,16H2,1-2H3,(H,28,30). The fraction of sp³-hybridized carbons (Fsp3) is 0.160. The summed E-state index contributed by atoms with van der Waals surface area (Å²) in [4.78, 5) is 21.6. The van der Waals surface area contributed by atoms with Crippen LogP contribution < -0.4 is 5.32 Å². The van der Waals surface area contributed by atoms with Gasteiger partial charge in [-0.2, -0.15) is 0 Å². The summed E-state index contributed by atoms with van der Waals surface area (Å²) in [6, 6.07) is 19.7. The molecule has 150 valence electrons. The second-order valence-electron chi connectivity index (χ2n) is 7.41. The Morgan fingerprint density at radius 1 is 1.00 bits per heavy atom. The van der Waals surface area contributed by atoms with E-state index in [-0.39, 0.29) is 11.9 Å². The van der Waals surface area contributed by atoms with Gasteiger partial charge in [-0.25, -0.2) is 0 Å². The number of nitrogens with one attached hydrogen (secondary N) is 1. The van der Waals surface area contributed by atoms with Crippen LogP contribution in [0.25, 0.3) is 11.1 Å². The van der Waals surface area contributed by atoms with Crippen LogP contribution in [0.5, 0.6) is 0 Å². The van der Waals surface area contributed by atoms with Gasteiger partial charge in [0.2, 0.25) is 0 Å². The Hall–Kier alpha value is -3.73. The van der Waals surface area contributed by atoms with Gasteiger partial charge in [0.25, 0.3) is 5.91 Å². The van der Waals surface area contributed by atoms with Crippen LogP contribution in [0.15, 0.2) is 85.5 Å². The molecule has 5 heteroatoms. The summed E-state index contributed by atoms with van der Waals surface area (Å²) in [5.41, 5.74) is 5.82. The maximum atomic E-state index is 13.2. The normalized spacial score (nSPS) is 11.8. The Balaban J connectivity index is 1.64. The lowest BCUT2D eigenvalue weighted by molar-refractivity contribution is 0.0930. The number of hydrogen-bond donors (Lipinski definition) is 1. The predicted octanol–water partition coefficient (Wildman–Crippen LogP) is 4.79. The largest absolute Gasteiger partial charge is 0.343 e. The summed E-state index contributed by atoms with van der Waals surface area (Å²) in [5.74, 6) is -0.124. The third-order valence-electron chi connectivity index (χ3n) is 5.10. The van der Waals surface area contributed by atoms with Crippen LogP contribution in [-0.4, -0.2) is 20.4 Å². The van der Waals surface area contributed by atoms with E-state index in [1.807, 2.05) is 54.1 Å². The topological polar surface area (TPSA) is 59.8 Å². The molecule has 3 aromatic heterocycles. The second kappa shape index (κ2) is 8.74. The summed E-state index contributed by atoms with van der Waals surface area (Å²) < 4.78 is 2.00. The van der Waals surface area contributed by atoms with Crippen molar-refractivity contribution in [2.75, 3.05) is 0 Å². The van der Waals surface area contributed by atoms with Gasteiger partial charge in [0, 0.05) is 36.9 Å². The average Bonchev–Trinajstić information content (AvgIpc) is 3.20. The van der Waals surface area contributed by atoms with Crippen LogP contribution in [0.3, 0.4) is 0 Å². The third-order valence-corrected chi connectivity index (χ3v) is 5.10. The molecule has 0 fully saturated rings. The molecule has 5 nitrogen and oxygen atoms in total. The highest BCUT2D eigenvalue weighted by Crippen LogP contribution is 2.23. The van der Waals surface area contributed by atoms with Crippen molar-refractivity contribution in [2.45, 2.75) is 26.4 Å². The molecule has 0 saturated carbocycles. The minimum Gasteiger partial charge on any atom is -0.343 e. The number of hydrogen-bond acceptors (Lipinski definition) is 3. The van der Waals surface area contributed by atoms with Crippen LogP contribution >= 0.6 is 0 Å². The average molecular weight is 396 g/mol. The van der Waals surface area contributed by atoms with E-state index in [0.717, 1.165) is 22.4 Å². The van der Waals surface area contributed by atoms with Crippen LogP contribution in [-0.2, 0) is 6.54 Å². The highest BCUT2D eigenvalue weighted by Gasteiger charge is 2.18. The summed E-state index contributed by atoms with van der Waals surface area (Å²) in [6.45, 7) is 4.63. The molecule has 1 atom stereocenters. The molecule has 1 amide bonds. The van der Waals surface area contributed by atoms with Crippen molar-refractivity contribution in [3.8, 4) is 11.1 Å². The van der Waals surface area contributed by atoms with E-state index in [1.54, 1.807) is 18.6 Å². The number of carbonyl (C=O) groups excluding carboxylic acids is 1. The Morgan fingerprint density at radius 2 is 1.77 bits per heavy atom. The van der Waals surface area contributed by atoms with Gasteiger partial charge in [-0.3, -0.25) is 14.8 Å². The van der Waals surface area contributed by atoms with Crippen molar-refractivity contribution >= 4 is 5.91 Å². The van der Waals surface area contributed by atoms with Crippen molar-refractivity contribution in [1.82, 2.24) is 19.9 Å². The predicted molar refractivity (Wildman–Crippen MR) is 118 cm³/mol. The fourth-order valence-electron chi connectivity index (χ4n) is 3.40. The monoisotopic (exact) mass is 396 g/mol. The quantitative estimate of drug-likeness (QED) is 0.510. The van der Waals surface area contributed by atoms with Crippen LogP contribution in [0.2, 0.25) is 0 Å². The zero-order chi connectivity index (χ0) is 20.9. The van der Waals surface area contributed by atoms with Gasteiger partial charge in [-0.1, -0.05) is 35.9 Å². The molecule has 3 heterocycles. The Bertz CT molecular complexity index is 1120. The number of carbonyl (C=O) groups is 1. The number of pyridine rings is 2. The van der Waals surface area contributed by atoms with Gasteiger partial charge in [0.15, 0.2) is 0 Å². The number of aromatic nitrogens is 3. The first-order valence-corrected chi connectivity index (χ1v) is 9.98. The molecule has 4 aromatic rings. The van der Waals surface area contributed by atoms with E-state index in [9.17, 15) is 4.79 Å². The molecule has 30 heavy (non-hydrogen) atoms. The SMILES string of the molecule is Cc1ccc(Cn2cc(-c3ccncc3)cc2C(=O)NC(C)c2ccccn2)cc1. The van der Waals surface area contributed by atoms with Gasteiger partial charge in [0.1, 0.15) is 5.69 Å². The molecule has 0 aliphatic heterocycles. The number of amides is 1. The number of nitrogens with zero attached hydrogens (tertiary/aromatic N) is 3. The molecule has 0 aliphatic rings. The van der Waals surface area contributed by atoms with E-state index in [0.29, 0.717) is 12.2 Å². The zero-order valence-electron chi connectivity index (χ0n) is 17.1. The lowest BCUT2D eigenvalue weighted by Crippen LogP contribution is -2.29. The van der Waals surface area contributed by atoms with Gasteiger partial charge in [0.05, 0.1) is 11.7 Å². The van der Waals surface area contributed by atoms with Gasteiger partial charge in [-0.05, 0) is 55.3 Å². The summed E-state index contributed by atoms with van der Waals surface area (Å²) in [6.07, 6.45) is 7.28. The minimum atomic E-state index is -0.189. The van der Waals surface area contributed by atoms with E-state index in [4.69, 9.17) is 0 Å². The molecule has 0 spiro atoms. The van der Waals surface area contributed by atoms with Crippen molar-refractivity contribution in [3.05, 3.63) is 108 Å². The fourth-order valence-corrected chi connectivity index (χ4v) is 3.40. The lowest BCUT2D eigenvalue weighted by Gasteiger charge is -2.15. The van der Waals surface area contributed by atoms with Crippen molar-refractivity contribution < 1.29 is 4.79 Å². The van der Waals surface area contributed by atoms with E-state index in [2.05, 4.69) is 46.5 Å². The lowest BCUT2D eigenvalue weighted by atomic mass is 10.1. The van der Waals surface area contributed by atoms with E-state index < -0.39 is 0 Å². The molecule has 1 aromatic carbocycles. The van der Waals surface area contributed by atoms with Gasteiger partial charge >= 0.3 is 0 Å². The maximum absolute atomic E-state index is 13.2. The number of aryl methyl sites for hydroxylation is 1. The first-order chi connectivity index (χ1) is 14.6. The van der Waals surface area contributed by atoms with E-state index in [1.165, 1.54) is 5.56 Å².